The zero-order valence-corrected chi connectivity index (χ0v) is 7.81. The van der Waals surface area contributed by atoms with Crippen LogP contribution in [0.25, 0.3) is 6.08 Å². The molecular weight excluding hydrogens is 165 g/mol. The summed E-state index contributed by atoms with van der Waals surface area (Å²) in [6.45, 7) is 5.70. The largest absolute Gasteiger partial charge is 0.398 e. The lowest BCUT2D eigenvalue weighted by atomic mass is 10.0. The fraction of sp³-hybridized carbons (Fsp3) is 0.273. The Morgan fingerprint density at radius 1 is 1.54 bits per heavy atom. The lowest BCUT2D eigenvalue weighted by Crippen LogP contribution is -1.98. The van der Waals surface area contributed by atoms with Gasteiger partial charge in [0.05, 0.1) is 0 Å². The Balaban J connectivity index is 3.21. The van der Waals surface area contributed by atoms with Crippen LogP contribution in [0.15, 0.2) is 18.7 Å². The number of anilines is 1. The molecule has 0 aromatic heterocycles. The van der Waals surface area contributed by atoms with E-state index in [-0.39, 0.29) is 5.82 Å². The van der Waals surface area contributed by atoms with Crippen molar-refractivity contribution >= 4 is 11.8 Å². The van der Waals surface area contributed by atoms with E-state index in [1.807, 2.05) is 0 Å². The highest BCUT2D eigenvalue weighted by atomic mass is 19.1. The number of hydrogen-bond donors (Lipinski definition) is 1. The molecule has 0 spiro atoms. The maximum absolute atomic E-state index is 12.9. The van der Waals surface area contributed by atoms with Gasteiger partial charge in [-0.2, -0.15) is 0 Å². The predicted octanol–water partition coefficient (Wildman–Crippen LogP) is 3.00. The summed E-state index contributed by atoms with van der Waals surface area (Å²) in [5, 5.41) is 0. The zero-order chi connectivity index (χ0) is 9.84. The summed E-state index contributed by atoms with van der Waals surface area (Å²) >= 11 is 0. The van der Waals surface area contributed by atoms with E-state index >= 15 is 0 Å². The van der Waals surface area contributed by atoms with E-state index in [4.69, 9.17) is 5.73 Å². The van der Waals surface area contributed by atoms with Crippen molar-refractivity contribution in [1.82, 2.24) is 0 Å². The molecule has 0 fully saturated rings. The van der Waals surface area contributed by atoms with Gasteiger partial charge in [0.2, 0.25) is 0 Å². The van der Waals surface area contributed by atoms with Crippen LogP contribution in [0.3, 0.4) is 0 Å². The van der Waals surface area contributed by atoms with Gasteiger partial charge in [0.15, 0.2) is 0 Å². The van der Waals surface area contributed by atoms with E-state index in [1.54, 1.807) is 6.08 Å². The number of hydrogen-bond acceptors (Lipinski definition) is 1. The van der Waals surface area contributed by atoms with Crippen LogP contribution < -0.4 is 5.73 Å². The van der Waals surface area contributed by atoms with Gasteiger partial charge in [0.1, 0.15) is 5.82 Å². The smallest absolute Gasteiger partial charge is 0.125 e. The number of rotatable bonds is 3. The lowest BCUT2D eigenvalue weighted by Gasteiger charge is -2.08. The molecule has 13 heavy (non-hydrogen) atoms. The predicted molar refractivity (Wildman–Crippen MR) is 54.9 cm³/mol. The molecule has 1 rings (SSSR count). The van der Waals surface area contributed by atoms with E-state index in [9.17, 15) is 4.39 Å². The first kappa shape index (κ1) is 9.78. The Bertz CT molecular complexity index is 318. The van der Waals surface area contributed by atoms with Crippen LogP contribution in [0.5, 0.6) is 0 Å². The second-order valence-electron chi connectivity index (χ2n) is 3.02. The molecule has 1 aromatic rings. The zero-order valence-electron chi connectivity index (χ0n) is 7.81. The molecule has 0 bridgehead atoms. The van der Waals surface area contributed by atoms with Gasteiger partial charge in [0.25, 0.3) is 0 Å². The van der Waals surface area contributed by atoms with Gasteiger partial charge < -0.3 is 5.73 Å². The molecule has 1 aromatic carbocycles. The number of nitrogens with two attached hydrogens (primary N) is 1. The Morgan fingerprint density at radius 3 is 2.77 bits per heavy atom. The third-order valence-corrected chi connectivity index (χ3v) is 2.00. The van der Waals surface area contributed by atoms with Crippen molar-refractivity contribution in [3.05, 3.63) is 35.7 Å². The molecule has 0 radical (unpaired) electrons. The summed E-state index contributed by atoms with van der Waals surface area (Å²) in [6.07, 6.45) is 3.51. The molecular formula is C11H14FN. The highest BCUT2D eigenvalue weighted by molar-refractivity contribution is 5.62. The highest BCUT2D eigenvalue weighted by Crippen LogP contribution is 2.21. The molecule has 0 aliphatic carbocycles. The maximum atomic E-state index is 12.9. The molecule has 70 valence electrons. The van der Waals surface area contributed by atoms with Crippen LogP contribution >= 0.6 is 0 Å². The standard InChI is InChI=1S/C11H14FN/c1-3-5-10-8(4-2)6-9(12)7-11(10)13/h4,6-7H,2-3,5,13H2,1H3. The number of nitrogen functional groups attached to an aromatic ring is 1. The van der Waals surface area contributed by atoms with Crippen LogP contribution in [-0.4, -0.2) is 0 Å². The van der Waals surface area contributed by atoms with Crippen molar-refractivity contribution in [2.45, 2.75) is 19.8 Å². The van der Waals surface area contributed by atoms with Gasteiger partial charge in [-0.15, -0.1) is 0 Å². The first-order valence-corrected chi connectivity index (χ1v) is 4.39. The first-order chi connectivity index (χ1) is 6.19. The summed E-state index contributed by atoms with van der Waals surface area (Å²) in [6, 6.07) is 2.83. The van der Waals surface area contributed by atoms with Gasteiger partial charge in [0, 0.05) is 5.69 Å². The van der Waals surface area contributed by atoms with Gasteiger partial charge in [-0.25, -0.2) is 4.39 Å². The minimum Gasteiger partial charge on any atom is -0.398 e. The average Bonchev–Trinajstić information content (AvgIpc) is 2.09. The van der Waals surface area contributed by atoms with Gasteiger partial charge in [-0.05, 0) is 29.7 Å². The normalized spacial score (nSPS) is 10.0. The highest BCUT2D eigenvalue weighted by Gasteiger charge is 2.05. The van der Waals surface area contributed by atoms with Crippen LogP contribution in [0.1, 0.15) is 24.5 Å². The molecule has 0 aliphatic heterocycles. The molecule has 1 nitrogen and oxygen atoms in total. The Kier molecular flexibility index (Phi) is 3.07. The van der Waals surface area contributed by atoms with E-state index in [1.165, 1.54) is 12.1 Å². The van der Waals surface area contributed by atoms with Crippen molar-refractivity contribution in [1.29, 1.82) is 0 Å². The van der Waals surface area contributed by atoms with Gasteiger partial charge in [-0.3, -0.25) is 0 Å². The van der Waals surface area contributed by atoms with Crippen LogP contribution in [0.2, 0.25) is 0 Å². The topological polar surface area (TPSA) is 26.0 Å². The van der Waals surface area contributed by atoms with Gasteiger partial charge in [-0.1, -0.05) is 26.0 Å². The minimum atomic E-state index is -0.299. The maximum Gasteiger partial charge on any atom is 0.125 e. The quantitative estimate of drug-likeness (QED) is 0.709. The summed E-state index contributed by atoms with van der Waals surface area (Å²) in [5.74, 6) is -0.299. The molecule has 0 aliphatic rings. The molecule has 0 atom stereocenters. The summed E-state index contributed by atoms with van der Waals surface area (Å²) in [7, 11) is 0. The van der Waals surface area contributed by atoms with Crippen LogP contribution in [-0.2, 0) is 6.42 Å². The second kappa shape index (κ2) is 4.08. The fourth-order valence-electron chi connectivity index (χ4n) is 1.40. The van der Waals surface area contributed by atoms with Crippen molar-refractivity contribution in [2.75, 3.05) is 5.73 Å². The molecule has 0 saturated heterocycles. The van der Waals surface area contributed by atoms with E-state index in [0.717, 1.165) is 24.0 Å². The first-order valence-electron chi connectivity index (χ1n) is 4.39. The molecule has 0 heterocycles. The van der Waals surface area contributed by atoms with E-state index in [0.29, 0.717) is 5.69 Å². The summed E-state index contributed by atoms with van der Waals surface area (Å²) in [5.41, 5.74) is 8.02. The van der Waals surface area contributed by atoms with Crippen LogP contribution in [0.4, 0.5) is 10.1 Å². The third kappa shape index (κ3) is 2.08. The Hall–Kier alpha value is -1.31. The van der Waals surface area contributed by atoms with Crippen molar-refractivity contribution in [2.24, 2.45) is 0 Å². The number of halogens is 1. The molecule has 0 amide bonds. The molecule has 2 heteroatoms. The van der Waals surface area contributed by atoms with E-state index in [2.05, 4.69) is 13.5 Å². The Morgan fingerprint density at radius 2 is 2.23 bits per heavy atom. The van der Waals surface area contributed by atoms with Crippen molar-refractivity contribution in [3.63, 3.8) is 0 Å². The van der Waals surface area contributed by atoms with Gasteiger partial charge >= 0.3 is 0 Å². The lowest BCUT2D eigenvalue weighted by molar-refractivity contribution is 0.627. The molecule has 0 saturated carbocycles. The number of benzene rings is 1. The monoisotopic (exact) mass is 179 g/mol. The van der Waals surface area contributed by atoms with Crippen molar-refractivity contribution in [3.8, 4) is 0 Å². The molecule has 0 unspecified atom stereocenters. The Labute approximate surface area is 78.1 Å². The average molecular weight is 179 g/mol. The third-order valence-electron chi connectivity index (χ3n) is 2.00. The van der Waals surface area contributed by atoms with E-state index < -0.39 is 0 Å². The van der Waals surface area contributed by atoms with Crippen molar-refractivity contribution < 1.29 is 4.39 Å². The summed E-state index contributed by atoms with van der Waals surface area (Å²) < 4.78 is 12.9. The SMILES string of the molecule is C=Cc1cc(F)cc(N)c1CCC. The minimum absolute atomic E-state index is 0.299. The van der Waals surface area contributed by atoms with Crippen LogP contribution in [0, 0.1) is 5.82 Å². The summed E-state index contributed by atoms with van der Waals surface area (Å²) in [4.78, 5) is 0. The molecule has 2 N–H and O–H groups in total. The second-order valence-corrected chi connectivity index (χ2v) is 3.02. The fourth-order valence-corrected chi connectivity index (χ4v) is 1.40.